The van der Waals surface area contributed by atoms with E-state index in [1.54, 1.807) is 6.92 Å². The Morgan fingerprint density at radius 3 is 2.32 bits per heavy atom. The molecule has 0 bridgehead atoms. The smallest absolute Gasteiger partial charge is 0.186 e. The molecule has 0 fully saturated rings. The third-order valence-electron chi connectivity index (χ3n) is 3.83. The molecule has 0 saturated heterocycles. The molecule has 1 aliphatic heterocycles. The first kappa shape index (κ1) is 14.3. The Hall–Kier alpha value is -2.68. The van der Waals surface area contributed by atoms with Crippen LogP contribution in [0.4, 0.5) is 0 Å². The van der Waals surface area contributed by atoms with Crippen molar-refractivity contribution in [1.29, 1.82) is 0 Å². The topological polar surface area (TPSA) is 55.5 Å². The van der Waals surface area contributed by atoms with E-state index in [1.165, 1.54) is 5.56 Å². The maximum absolute atomic E-state index is 12.4. The van der Waals surface area contributed by atoms with Crippen LogP contribution in [0.3, 0.4) is 0 Å². The number of aryl methyl sites for hydroxylation is 1. The van der Waals surface area contributed by atoms with E-state index in [2.05, 4.69) is 24.0 Å². The second-order valence-electron chi connectivity index (χ2n) is 5.56. The zero-order chi connectivity index (χ0) is 15.7. The molecular formula is C19H18N2O. The van der Waals surface area contributed by atoms with Crippen molar-refractivity contribution in [2.45, 2.75) is 13.8 Å². The molecule has 0 saturated carbocycles. The number of carbonyl (C=O) groups is 1. The van der Waals surface area contributed by atoms with Crippen LogP contribution in [-0.4, -0.2) is 18.0 Å². The van der Waals surface area contributed by atoms with Crippen molar-refractivity contribution in [3.63, 3.8) is 0 Å². The lowest BCUT2D eigenvalue weighted by Gasteiger charge is -2.12. The van der Waals surface area contributed by atoms with Crippen molar-refractivity contribution in [3.8, 4) is 0 Å². The fraction of sp³-hybridized carbons (Fsp3) is 0.158. The van der Waals surface area contributed by atoms with E-state index in [9.17, 15) is 4.79 Å². The summed E-state index contributed by atoms with van der Waals surface area (Å²) in [4.78, 5) is 17.0. The molecule has 0 aliphatic carbocycles. The summed E-state index contributed by atoms with van der Waals surface area (Å²) in [5.41, 5.74) is 12.0. The summed E-state index contributed by atoms with van der Waals surface area (Å²) in [5.74, 6) is -0.0328. The zero-order valence-corrected chi connectivity index (χ0v) is 12.8. The molecule has 3 heteroatoms. The first-order valence-corrected chi connectivity index (χ1v) is 7.28. The molecule has 22 heavy (non-hydrogen) atoms. The summed E-state index contributed by atoms with van der Waals surface area (Å²) in [5, 5.41) is 0. The average molecular weight is 290 g/mol. The van der Waals surface area contributed by atoms with Gasteiger partial charge in [-0.2, -0.15) is 0 Å². The quantitative estimate of drug-likeness (QED) is 0.820. The van der Waals surface area contributed by atoms with Gasteiger partial charge in [0.15, 0.2) is 5.78 Å². The lowest BCUT2D eigenvalue weighted by molar-refractivity contribution is -0.112. The van der Waals surface area contributed by atoms with E-state index in [0.717, 1.165) is 22.4 Å². The van der Waals surface area contributed by atoms with Gasteiger partial charge in [-0.3, -0.25) is 9.79 Å². The van der Waals surface area contributed by atoms with E-state index < -0.39 is 0 Å². The molecular weight excluding hydrogens is 272 g/mol. The highest BCUT2D eigenvalue weighted by atomic mass is 16.1. The van der Waals surface area contributed by atoms with Gasteiger partial charge in [0.25, 0.3) is 0 Å². The second kappa shape index (κ2) is 5.60. The van der Waals surface area contributed by atoms with E-state index in [0.29, 0.717) is 11.3 Å². The van der Waals surface area contributed by atoms with Gasteiger partial charge in [-0.15, -0.1) is 0 Å². The first-order chi connectivity index (χ1) is 10.6. The van der Waals surface area contributed by atoms with Crippen LogP contribution >= 0.6 is 0 Å². The van der Waals surface area contributed by atoms with Gasteiger partial charge in [0.1, 0.15) is 6.54 Å². The van der Waals surface area contributed by atoms with Crippen molar-refractivity contribution in [3.05, 3.63) is 76.5 Å². The standard InChI is InChI=1S/C19H18N2O/c1-12-7-9-14(10-8-12)19-16-6-4-3-5-15(16)18(13(2)20)17(22)11-21-19/h3-10H,11,20H2,1-2H3/b18-13-. The second-order valence-corrected chi connectivity index (χ2v) is 5.56. The Morgan fingerprint density at radius 1 is 1.05 bits per heavy atom. The van der Waals surface area contributed by atoms with Gasteiger partial charge in [-0.25, -0.2) is 0 Å². The van der Waals surface area contributed by atoms with Crippen molar-refractivity contribution >= 4 is 17.1 Å². The van der Waals surface area contributed by atoms with Crippen LogP contribution in [0.1, 0.15) is 29.2 Å². The van der Waals surface area contributed by atoms with Gasteiger partial charge >= 0.3 is 0 Å². The van der Waals surface area contributed by atoms with Crippen LogP contribution in [0, 0.1) is 6.92 Å². The summed E-state index contributed by atoms with van der Waals surface area (Å²) in [6.45, 7) is 3.94. The van der Waals surface area contributed by atoms with Crippen molar-refractivity contribution in [2.75, 3.05) is 6.54 Å². The van der Waals surface area contributed by atoms with Crippen LogP contribution in [0.15, 0.2) is 59.2 Å². The number of nitrogens with two attached hydrogens (primary N) is 1. The number of ketones is 1. The highest BCUT2D eigenvalue weighted by Gasteiger charge is 2.23. The summed E-state index contributed by atoms with van der Waals surface area (Å²) < 4.78 is 0. The number of allylic oxidation sites excluding steroid dienone is 1. The van der Waals surface area contributed by atoms with Crippen molar-refractivity contribution in [2.24, 2.45) is 10.7 Å². The van der Waals surface area contributed by atoms with E-state index in [1.807, 2.05) is 36.4 Å². The molecule has 0 amide bonds. The summed E-state index contributed by atoms with van der Waals surface area (Å²) in [6.07, 6.45) is 0. The Kier molecular flexibility index (Phi) is 3.63. The van der Waals surface area contributed by atoms with Crippen LogP contribution in [-0.2, 0) is 4.79 Å². The number of aliphatic imine (C=N–C) groups is 1. The summed E-state index contributed by atoms with van der Waals surface area (Å²) >= 11 is 0. The number of hydrogen-bond donors (Lipinski definition) is 1. The Labute approximate surface area is 130 Å². The molecule has 0 unspecified atom stereocenters. The first-order valence-electron chi connectivity index (χ1n) is 7.28. The molecule has 1 aliphatic rings. The predicted octanol–water partition coefficient (Wildman–Crippen LogP) is 3.10. The molecule has 2 aromatic rings. The van der Waals surface area contributed by atoms with Gasteiger partial charge in [-0.05, 0) is 19.4 Å². The molecule has 110 valence electrons. The van der Waals surface area contributed by atoms with Crippen LogP contribution < -0.4 is 5.73 Å². The Balaban J connectivity index is 2.24. The monoisotopic (exact) mass is 290 g/mol. The van der Waals surface area contributed by atoms with Gasteiger partial charge in [0, 0.05) is 22.4 Å². The van der Waals surface area contributed by atoms with E-state index >= 15 is 0 Å². The zero-order valence-electron chi connectivity index (χ0n) is 12.8. The fourth-order valence-corrected chi connectivity index (χ4v) is 2.76. The lowest BCUT2D eigenvalue weighted by Crippen LogP contribution is -2.10. The summed E-state index contributed by atoms with van der Waals surface area (Å²) in [7, 11) is 0. The molecule has 0 spiro atoms. The van der Waals surface area contributed by atoms with Crippen molar-refractivity contribution in [1.82, 2.24) is 0 Å². The number of rotatable bonds is 1. The molecule has 2 aromatic carbocycles. The summed E-state index contributed by atoms with van der Waals surface area (Å²) in [6, 6.07) is 16.0. The lowest BCUT2D eigenvalue weighted by atomic mass is 9.91. The molecule has 3 rings (SSSR count). The number of hydrogen-bond acceptors (Lipinski definition) is 3. The van der Waals surface area contributed by atoms with Gasteiger partial charge in [0.2, 0.25) is 0 Å². The predicted molar refractivity (Wildman–Crippen MR) is 89.9 cm³/mol. The third kappa shape index (κ3) is 2.46. The number of carbonyl (C=O) groups excluding carboxylic acids is 1. The van der Waals surface area contributed by atoms with Crippen LogP contribution in [0.5, 0.6) is 0 Å². The highest BCUT2D eigenvalue weighted by molar-refractivity contribution is 6.29. The molecule has 0 atom stereocenters. The van der Waals surface area contributed by atoms with Crippen molar-refractivity contribution < 1.29 is 4.79 Å². The number of nitrogens with zero attached hydrogens (tertiary/aromatic N) is 1. The average Bonchev–Trinajstić information content (AvgIpc) is 2.64. The van der Waals surface area contributed by atoms with E-state index in [-0.39, 0.29) is 12.3 Å². The largest absolute Gasteiger partial charge is 0.402 e. The van der Waals surface area contributed by atoms with Gasteiger partial charge < -0.3 is 5.73 Å². The van der Waals surface area contributed by atoms with Crippen LogP contribution in [0.2, 0.25) is 0 Å². The normalized spacial score (nSPS) is 16.6. The van der Waals surface area contributed by atoms with E-state index in [4.69, 9.17) is 5.73 Å². The number of benzene rings is 2. The molecule has 1 heterocycles. The minimum absolute atomic E-state index is 0.0328. The minimum Gasteiger partial charge on any atom is -0.402 e. The van der Waals surface area contributed by atoms with Gasteiger partial charge in [-0.1, -0.05) is 54.1 Å². The van der Waals surface area contributed by atoms with Gasteiger partial charge in [0.05, 0.1) is 5.71 Å². The maximum Gasteiger partial charge on any atom is 0.186 e. The fourth-order valence-electron chi connectivity index (χ4n) is 2.76. The minimum atomic E-state index is -0.0328. The third-order valence-corrected chi connectivity index (χ3v) is 3.83. The molecule has 2 N–H and O–H groups in total. The maximum atomic E-state index is 12.4. The Bertz CT molecular complexity index is 794. The molecule has 3 nitrogen and oxygen atoms in total. The molecule has 0 radical (unpaired) electrons. The van der Waals surface area contributed by atoms with Crippen LogP contribution in [0.25, 0.3) is 5.57 Å². The highest BCUT2D eigenvalue weighted by Crippen LogP contribution is 2.27. The number of fused-ring (bicyclic) bond motifs is 1. The SMILES string of the molecule is C/C(N)=C1/C(=O)CN=C(c2ccc(C)cc2)c2ccccc21. The number of Topliss-reactive ketones (excluding diaryl/α,β-unsaturated/α-hetero) is 1. The Morgan fingerprint density at radius 2 is 1.68 bits per heavy atom. The molecule has 0 aromatic heterocycles.